The van der Waals surface area contributed by atoms with E-state index < -0.39 is 0 Å². The second kappa shape index (κ2) is 4.53. The number of hydrogen-bond donors (Lipinski definition) is 0. The number of benzene rings is 2. The van der Waals surface area contributed by atoms with E-state index in [0.29, 0.717) is 27.9 Å². The molecule has 0 bridgehead atoms. The Labute approximate surface area is 112 Å². The van der Waals surface area contributed by atoms with Crippen molar-refractivity contribution in [1.82, 2.24) is 4.98 Å². The van der Waals surface area contributed by atoms with Crippen molar-refractivity contribution in [3.8, 4) is 0 Å². The fourth-order valence-electron chi connectivity index (χ4n) is 1.85. The first-order valence-corrected chi connectivity index (χ1v) is 6.30. The molecule has 2 aromatic carbocycles. The highest BCUT2D eigenvalue weighted by Gasteiger charge is 2.11. The van der Waals surface area contributed by atoms with Gasteiger partial charge in [0.15, 0.2) is 11.5 Å². The Bertz CT molecular complexity index is 694. The molecule has 90 valence electrons. The van der Waals surface area contributed by atoms with Crippen LogP contribution in [0.2, 0.25) is 0 Å². The van der Waals surface area contributed by atoms with Gasteiger partial charge in [-0.3, -0.25) is 0 Å². The molecule has 4 heteroatoms. The summed E-state index contributed by atoms with van der Waals surface area (Å²) in [6.45, 7) is 0. The van der Waals surface area contributed by atoms with Gasteiger partial charge in [0.1, 0.15) is 11.3 Å². The van der Waals surface area contributed by atoms with Crippen molar-refractivity contribution < 1.29 is 8.81 Å². The van der Waals surface area contributed by atoms with Gasteiger partial charge in [0.05, 0.1) is 4.47 Å². The molecule has 0 saturated heterocycles. The minimum atomic E-state index is -0.325. The Balaban J connectivity index is 2.01. The molecule has 0 aliphatic carbocycles. The van der Waals surface area contributed by atoms with Crippen LogP contribution in [-0.4, -0.2) is 4.98 Å². The normalized spacial score (nSPS) is 11.0. The van der Waals surface area contributed by atoms with Gasteiger partial charge < -0.3 is 4.42 Å². The molecular weight excluding hydrogens is 297 g/mol. The van der Waals surface area contributed by atoms with E-state index in [1.807, 2.05) is 30.3 Å². The summed E-state index contributed by atoms with van der Waals surface area (Å²) in [5.74, 6) is 0.261. The van der Waals surface area contributed by atoms with E-state index in [1.165, 1.54) is 12.1 Å². The molecule has 0 aliphatic heterocycles. The Kier molecular flexibility index (Phi) is 2.88. The average molecular weight is 306 g/mol. The van der Waals surface area contributed by atoms with Gasteiger partial charge in [0.25, 0.3) is 0 Å². The number of nitrogens with zero attached hydrogens (tertiary/aromatic N) is 1. The summed E-state index contributed by atoms with van der Waals surface area (Å²) < 4.78 is 19.4. The third-order valence-electron chi connectivity index (χ3n) is 2.65. The highest BCUT2D eigenvalue weighted by molar-refractivity contribution is 9.10. The van der Waals surface area contributed by atoms with Crippen LogP contribution in [0.3, 0.4) is 0 Å². The smallest absolute Gasteiger partial charge is 0.199 e. The molecule has 0 spiro atoms. The molecule has 0 N–H and O–H groups in total. The maximum Gasteiger partial charge on any atom is 0.199 e. The number of halogens is 2. The van der Waals surface area contributed by atoms with E-state index in [1.54, 1.807) is 0 Å². The second-order valence-electron chi connectivity index (χ2n) is 4.01. The van der Waals surface area contributed by atoms with Crippen molar-refractivity contribution in [2.75, 3.05) is 0 Å². The van der Waals surface area contributed by atoms with Gasteiger partial charge >= 0.3 is 0 Å². The first kappa shape index (κ1) is 11.4. The monoisotopic (exact) mass is 305 g/mol. The lowest BCUT2D eigenvalue weighted by atomic mass is 10.1. The van der Waals surface area contributed by atoms with E-state index in [9.17, 15) is 4.39 Å². The quantitative estimate of drug-likeness (QED) is 0.704. The third kappa shape index (κ3) is 2.16. The lowest BCUT2D eigenvalue weighted by molar-refractivity contribution is 0.542. The molecule has 0 amide bonds. The van der Waals surface area contributed by atoms with Gasteiger partial charge in [-0.2, -0.15) is 0 Å². The Morgan fingerprint density at radius 2 is 1.94 bits per heavy atom. The van der Waals surface area contributed by atoms with Crippen molar-refractivity contribution in [3.05, 3.63) is 64.2 Å². The first-order chi connectivity index (χ1) is 8.72. The van der Waals surface area contributed by atoms with Crippen LogP contribution in [0.25, 0.3) is 11.1 Å². The molecule has 3 aromatic rings. The van der Waals surface area contributed by atoms with Gasteiger partial charge in [-0.15, -0.1) is 0 Å². The van der Waals surface area contributed by atoms with Crippen LogP contribution in [0.15, 0.2) is 51.4 Å². The van der Waals surface area contributed by atoms with Crippen molar-refractivity contribution in [2.24, 2.45) is 0 Å². The molecule has 2 nitrogen and oxygen atoms in total. The summed E-state index contributed by atoms with van der Waals surface area (Å²) in [5, 5.41) is 0. The molecule has 0 aliphatic rings. The van der Waals surface area contributed by atoms with Crippen molar-refractivity contribution >= 4 is 27.0 Å². The molecular formula is C14H9BrFNO. The van der Waals surface area contributed by atoms with E-state index in [2.05, 4.69) is 20.9 Å². The van der Waals surface area contributed by atoms with Crippen LogP contribution in [-0.2, 0) is 6.42 Å². The lowest BCUT2D eigenvalue weighted by Crippen LogP contribution is -1.86. The van der Waals surface area contributed by atoms with Crippen LogP contribution in [0, 0.1) is 5.82 Å². The lowest BCUT2D eigenvalue weighted by Gasteiger charge is -1.95. The second-order valence-corrected chi connectivity index (χ2v) is 4.86. The summed E-state index contributed by atoms with van der Waals surface area (Å²) in [7, 11) is 0. The van der Waals surface area contributed by atoms with Crippen LogP contribution in [0.4, 0.5) is 4.39 Å². The summed E-state index contributed by atoms with van der Waals surface area (Å²) in [4.78, 5) is 4.29. The predicted molar refractivity (Wildman–Crippen MR) is 70.9 cm³/mol. The molecule has 1 aromatic heterocycles. The zero-order valence-electron chi connectivity index (χ0n) is 9.36. The largest absolute Gasteiger partial charge is 0.439 e. The summed E-state index contributed by atoms with van der Waals surface area (Å²) in [6, 6.07) is 12.6. The maximum absolute atomic E-state index is 13.2. The van der Waals surface area contributed by atoms with Gasteiger partial charge in [-0.25, -0.2) is 9.37 Å². The number of aromatic nitrogens is 1. The minimum Gasteiger partial charge on any atom is -0.439 e. The highest BCUT2D eigenvalue weighted by Crippen LogP contribution is 2.26. The third-order valence-corrected chi connectivity index (χ3v) is 3.24. The fourth-order valence-corrected chi connectivity index (χ4v) is 2.35. The Hall–Kier alpha value is -1.68. The fraction of sp³-hybridized carbons (Fsp3) is 0.0714. The van der Waals surface area contributed by atoms with Crippen LogP contribution < -0.4 is 0 Å². The van der Waals surface area contributed by atoms with E-state index >= 15 is 0 Å². The van der Waals surface area contributed by atoms with Crippen LogP contribution in [0.1, 0.15) is 11.5 Å². The molecule has 0 unspecified atom stereocenters. The van der Waals surface area contributed by atoms with E-state index in [-0.39, 0.29) is 5.82 Å². The van der Waals surface area contributed by atoms with Gasteiger partial charge in [0, 0.05) is 12.5 Å². The molecule has 0 radical (unpaired) electrons. The zero-order chi connectivity index (χ0) is 12.5. The average Bonchev–Trinajstić information content (AvgIpc) is 2.73. The van der Waals surface area contributed by atoms with Crippen molar-refractivity contribution in [1.29, 1.82) is 0 Å². The Morgan fingerprint density at radius 1 is 1.17 bits per heavy atom. The maximum atomic E-state index is 13.2. The summed E-state index contributed by atoms with van der Waals surface area (Å²) in [5.41, 5.74) is 2.23. The summed E-state index contributed by atoms with van der Waals surface area (Å²) >= 11 is 3.27. The standard InChI is InChI=1S/C14H9BrFNO/c15-11-7-10(16)8-12-14(11)18-13(17-12)6-9-4-2-1-3-5-9/h1-5,7-8H,6H2. The van der Waals surface area contributed by atoms with Crippen LogP contribution >= 0.6 is 15.9 Å². The Morgan fingerprint density at radius 3 is 2.72 bits per heavy atom. The van der Waals surface area contributed by atoms with E-state index in [4.69, 9.17) is 4.42 Å². The molecule has 0 fully saturated rings. The molecule has 0 atom stereocenters. The van der Waals surface area contributed by atoms with Gasteiger partial charge in [-0.1, -0.05) is 30.3 Å². The highest BCUT2D eigenvalue weighted by atomic mass is 79.9. The molecule has 3 rings (SSSR count). The van der Waals surface area contributed by atoms with Crippen LogP contribution in [0.5, 0.6) is 0 Å². The number of rotatable bonds is 2. The van der Waals surface area contributed by atoms with Crippen molar-refractivity contribution in [2.45, 2.75) is 6.42 Å². The SMILES string of the molecule is Fc1cc(Br)c2oc(Cc3ccccc3)nc2c1. The predicted octanol–water partition coefficient (Wildman–Crippen LogP) is 4.32. The van der Waals surface area contributed by atoms with Gasteiger partial charge in [0.2, 0.25) is 0 Å². The molecule has 1 heterocycles. The topological polar surface area (TPSA) is 26.0 Å². The van der Waals surface area contributed by atoms with E-state index in [0.717, 1.165) is 5.56 Å². The first-order valence-electron chi connectivity index (χ1n) is 5.51. The zero-order valence-corrected chi connectivity index (χ0v) is 10.9. The molecule has 18 heavy (non-hydrogen) atoms. The van der Waals surface area contributed by atoms with Gasteiger partial charge in [-0.05, 0) is 27.6 Å². The number of fused-ring (bicyclic) bond motifs is 1. The number of hydrogen-bond acceptors (Lipinski definition) is 2. The minimum absolute atomic E-state index is 0.325. The van der Waals surface area contributed by atoms with Crippen molar-refractivity contribution in [3.63, 3.8) is 0 Å². The summed E-state index contributed by atoms with van der Waals surface area (Å²) in [6.07, 6.45) is 0.601. The number of oxazole rings is 1. The molecule has 0 saturated carbocycles.